The molecule has 0 bridgehead atoms. The molecule has 1 aromatic rings. The van der Waals surface area contributed by atoms with Crippen LogP contribution in [0.2, 0.25) is 0 Å². The molecule has 110 valence electrons. The molecule has 0 aliphatic carbocycles. The van der Waals surface area contributed by atoms with Crippen molar-refractivity contribution in [1.29, 1.82) is 0 Å². The summed E-state index contributed by atoms with van der Waals surface area (Å²) in [5, 5.41) is 11.6. The van der Waals surface area contributed by atoms with Crippen LogP contribution in [0.25, 0.3) is 0 Å². The third-order valence-corrected chi connectivity index (χ3v) is 2.96. The van der Waals surface area contributed by atoms with Crippen molar-refractivity contribution in [1.82, 2.24) is 4.90 Å². The number of carboxylic acid groups (broad SMARTS) is 1. The van der Waals surface area contributed by atoms with Gasteiger partial charge in [0.25, 0.3) is 0 Å². The second-order valence-corrected chi connectivity index (χ2v) is 5.40. The summed E-state index contributed by atoms with van der Waals surface area (Å²) in [5.74, 6) is -0.805. The summed E-state index contributed by atoms with van der Waals surface area (Å²) < 4.78 is 0. The van der Waals surface area contributed by atoms with Crippen LogP contribution >= 0.6 is 0 Å². The number of anilines is 1. The Bertz CT molecular complexity index is 498. The van der Waals surface area contributed by atoms with Crippen LogP contribution in [0, 0.1) is 19.8 Å². The summed E-state index contributed by atoms with van der Waals surface area (Å²) in [4.78, 5) is 24.3. The molecule has 2 amide bonds. The molecule has 5 heteroatoms. The van der Waals surface area contributed by atoms with Gasteiger partial charge < -0.3 is 15.3 Å². The first-order chi connectivity index (χ1) is 9.29. The lowest BCUT2D eigenvalue weighted by molar-refractivity contribution is -0.137. The number of hydrogen-bond donors (Lipinski definition) is 2. The number of aliphatic carboxylic acids is 1. The molecule has 5 nitrogen and oxygen atoms in total. The van der Waals surface area contributed by atoms with Crippen molar-refractivity contribution in [3.63, 3.8) is 0 Å². The smallest absolute Gasteiger partial charge is 0.323 e. The van der Waals surface area contributed by atoms with E-state index in [1.54, 1.807) is 0 Å². The average Bonchev–Trinajstić information content (AvgIpc) is 2.32. The molecule has 1 rings (SSSR count). The van der Waals surface area contributed by atoms with Crippen molar-refractivity contribution in [3.8, 4) is 0 Å². The van der Waals surface area contributed by atoms with Crippen molar-refractivity contribution >= 4 is 17.7 Å². The highest BCUT2D eigenvalue weighted by atomic mass is 16.4. The first-order valence-corrected chi connectivity index (χ1v) is 6.64. The van der Waals surface area contributed by atoms with Gasteiger partial charge in [-0.1, -0.05) is 19.9 Å². The van der Waals surface area contributed by atoms with Crippen LogP contribution in [-0.2, 0) is 4.79 Å². The molecule has 0 unspecified atom stereocenters. The largest absolute Gasteiger partial charge is 0.480 e. The van der Waals surface area contributed by atoms with Gasteiger partial charge in [0, 0.05) is 12.2 Å². The molecule has 0 atom stereocenters. The zero-order valence-electron chi connectivity index (χ0n) is 12.4. The molecular weight excluding hydrogens is 256 g/mol. The molecule has 20 heavy (non-hydrogen) atoms. The van der Waals surface area contributed by atoms with Gasteiger partial charge >= 0.3 is 12.0 Å². The summed E-state index contributed by atoms with van der Waals surface area (Å²) in [6.07, 6.45) is 0. The SMILES string of the molecule is Cc1ccc(NC(=O)N(CC(=O)O)CC(C)C)cc1C. The van der Waals surface area contributed by atoms with Crippen LogP contribution in [0.15, 0.2) is 18.2 Å². The lowest BCUT2D eigenvalue weighted by atomic mass is 10.1. The van der Waals surface area contributed by atoms with Crippen LogP contribution in [0.4, 0.5) is 10.5 Å². The normalized spacial score (nSPS) is 10.4. The minimum Gasteiger partial charge on any atom is -0.480 e. The Labute approximate surface area is 119 Å². The lowest BCUT2D eigenvalue weighted by Crippen LogP contribution is -2.40. The highest BCUT2D eigenvalue weighted by Crippen LogP contribution is 2.15. The van der Waals surface area contributed by atoms with Crippen molar-refractivity contribution in [2.45, 2.75) is 27.7 Å². The molecule has 0 radical (unpaired) electrons. The standard InChI is InChI=1S/C15H22N2O3/c1-10(2)8-17(9-14(18)19)15(20)16-13-6-5-11(3)12(4)7-13/h5-7,10H,8-9H2,1-4H3,(H,16,20)(H,18,19). The minimum atomic E-state index is -1.01. The number of urea groups is 1. The monoisotopic (exact) mass is 278 g/mol. The second-order valence-electron chi connectivity index (χ2n) is 5.40. The number of carbonyl (C=O) groups excluding carboxylic acids is 1. The quantitative estimate of drug-likeness (QED) is 0.870. The number of nitrogens with zero attached hydrogens (tertiary/aromatic N) is 1. The summed E-state index contributed by atoms with van der Waals surface area (Å²) in [6.45, 7) is 7.96. The van der Waals surface area contributed by atoms with Crippen molar-refractivity contribution in [3.05, 3.63) is 29.3 Å². The number of aryl methyl sites for hydroxylation is 2. The molecule has 0 aliphatic heterocycles. The lowest BCUT2D eigenvalue weighted by Gasteiger charge is -2.23. The van der Waals surface area contributed by atoms with Gasteiger partial charge in [-0.15, -0.1) is 0 Å². The first kappa shape index (κ1) is 16.0. The van der Waals surface area contributed by atoms with E-state index in [1.165, 1.54) is 4.90 Å². The maximum Gasteiger partial charge on any atom is 0.323 e. The van der Waals surface area contributed by atoms with Gasteiger partial charge in [-0.05, 0) is 43.0 Å². The molecule has 0 saturated heterocycles. The topological polar surface area (TPSA) is 69.6 Å². The third kappa shape index (κ3) is 4.91. The summed E-state index contributed by atoms with van der Waals surface area (Å²) >= 11 is 0. The van der Waals surface area contributed by atoms with Gasteiger partial charge in [-0.2, -0.15) is 0 Å². The number of carbonyl (C=O) groups is 2. The van der Waals surface area contributed by atoms with E-state index in [1.807, 2.05) is 45.9 Å². The Morgan fingerprint density at radius 1 is 1.25 bits per heavy atom. The molecule has 0 spiro atoms. The fraction of sp³-hybridized carbons (Fsp3) is 0.467. The molecule has 1 aromatic carbocycles. The van der Waals surface area contributed by atoms with Crippen molar-refractivity contribution in [2.75, 3.05) is 18.4 Å². The van der Waals surface area contributed by atoms with Crippen LogP contribution in [0.3, 0.4) is 0 Å². The maximum atomic E-state index is 12.1. The fourth-order valence-electron chi connectivity index (χ4n) is 1.85. The molecule has 0 saturated carbocycles. The molecule has 0 heterocycles. The van der Waals surface area contributed by atoms with Crippen LogP contribution in [-0.4, -0.2) is 35.1 Å². The van der Waals surface area contributed by atoms with E-state index in [9.17, 15) is 9.59 Å². The van der Waals surface area contributed by atoms with Gasteiger partial charge in [0.15, 0.2) is 0 Å². The third-order valence-electron chi connectivity index (χ3n) is 2.96. The molecule has 0 fully saturated rings. The van der Waals surface area contributed by atoms with E-state index in [0.717, 1.165) is 11.1 Å². The molecule has 0 aromatic heterocycles. The number of amides is 2. The summed E-state index contributed by atoms with van der Waals surface area (Å²) in [7, 11) is 0. The highest BCUT2D eigenvalue weighted by molar-refractivity contribution is 5.91. The fourth-order valence-corrected chi connectivity index (χ4v) is 1.85. The number of rotatable bonds is 5. The summed E-state index contributed by atoms with van der Waals surface area (Å²) in [6, 6.07) is 5.23. The van der Waals surface area contributed by atoms with Gasteiger partial charge in [-0.25, -0.2) is 4.79 Å². The van der Waals surface area contributed by atoms with E-state index < -0.39 is 5.97 Å². The Morgan fingerprint density at radius 3 is 2.40 bits per heavy atom. The van der Waals surface area contributed by atoms with Gasteiger partial charge in [0.2, 0.25) is 0 Å². The Kier molecular flexibility index (Phi) is 5.55. The zero-order chi connectivity index (χ0) is 15.3. The van der Waals surface area contributed by atoms with Crippen LogP contribution < -0.4 is 5.32 Å². The van der Waals surface area contributed by atoms with Crippen LogP contribution in [0.5, 0.6) is 0 Å². The molecular formula is C15H22N2O3. The van der Waals surface area contributed by atoms with Crippen molar-refractivity contribution in [2.24, 2.45) is 5.92 Å². The minimum absolute atomic E-state index is 0.208. The van der Waals surface area contributed by atoms with Crippen LogP contribution in [0.1, 0.15) is 25.0 Å². The van der Waals surface area contributed by atoms with Crippen molar-refractivity contribution < 1.29 is 14.7 Å². The zero-order valence-corrected chi connectivity index (χ0v) is 12.4. The number of carboxylic acids is 1. The van der Waals surface area contributed by atoms with E-state index in [-0.39, 0.29) is 18.5 Å². The number of benzene rings is 1. The highest BCUT2D eigenvalue weighted by Gasteiger charge is 2.18. The maximum absolute atomic E-state index is 12.1. The van der Waals surface area contributed by atoms with E-state index in [4.69, 9.17) is 5.11 Å². The second kappa shape index (κ2) is 6.93. The first-order valence-electron chi connectivity index (χ1n) is 6.64. The Balaban J connectivity index is 2.78. The Hall–Kier alpha value is -2.04. The predicted molar refractivity (Wildman–Crippen MR) is 79.0 cm³/mol. The van der Waals surface area contributed by atoms with E-state index in [0.29, 0.717) is 12.2 Å². The predicted octanol–water partition coefficient (Wildman–Crippen LogP) is 2.88. The van der Waals surface area contributed by atoms with E-state index >= 15 is 0 Å². The van der Waals surface area contributed by atoms with E-state index in [2.05, 4.69) is 5.32 Å². The Morgan fingerprint density at radius 2 is 1.90 bits per heavy atom. The molecule has 2 N–H and O–H groups in total. The van der Waals surface area contributed by atoms with Gasteiger partial charge in [0.1, 0.15) is 6.54 Å². The molecule has 0 aliphatic rings. The average molecular weight is 278 g/mol. The van der Waals surface area contributed by atoms with Gasteiger partial charge in [-0.3, -0.25) is 4.79 Å². The number of nitrogens with one attached hydrogen (secondary N) is 1. The van der Waals surface area contributed by atoms with Gasteiger partial charge in [0.05, 0.1) is 0 Å². The number of hydrogen-bond acceptors (Lipinski definition) is 2. The summed E-state index contributed by atoms with van der Waals surface area (Å²) in [5.41, 5.74) is 2.90.